The lowest BCUT2D eigenvalue weighted by molar-refractivity contribution is -0.148. The first kappa shape index (κ1) is 81.5. The van der Waals surface area contributed by atoms with Gasteiger partial charge in [-0.15, -0.1) is 0 Å². The second-order valence-corrected chi connectivity index (χ2v) is 28.0. The van der Waals surface area contributed by atoms with E-state index in [1.165, 1.54) is 26.4 Å². The van der Waals surface area contributed by atoms with Crippen LogP contribution in [-0.2, 0) is 84.0 Å². The van der Waals surface area contributed by atoms with Gasteiger partial charge in [0.05, 0.1) is 74.4 Å². The van der Waals surface area contributed by atoms with Crippen LogP contribution in [0.2, 0.25) is 0 Å². The Labute approximate surface area is 577 Å². The first-order valence-corrected chi connectivity index (χ1v) is 35.5. The fourth-order valence-corrected chi connectivity index (χ4v) is 13.7. The number of esters is 1. The summed E-state index contributed by atoms with van der Waals surface area (Å²) in [6.07, 6.45) is -0.0239. The van der Waals surface area contributed by atoms with Crippen molar-refractivity contribution in [1.29, 1.82) is 0 Å². The molecule has 0 bridgehead atoms. The van der Waals surface area contributed by atoms with E-state index < -0.39 is 135 Å². The summed E-state index contributed by atoms with van der Waals surface area (Å²) in [6, 6.07) is 15.7. The van der Waals surface area contributed by atoms with Crippen LogP contribution in [0.5, 0.6) is 0 Å². The number of ether oxygens (including phenoxy) is 3. The zero-order valence-electron chi connectivity index (χ0n) is 59.2. The molecule has 28 heteroatoms. The molecule has 15 atom stereocenters. The van der Waals surface area contributed by atoms with Crippen molar-refractivity contribution in [3.8, 4) is 0 Å². The number of likely N-dealkylation sites (tertiary alicyclic amines) is 1. The molecule has 8 amide bonds. The summed E-state index contributed by atoms with van der Waals surface area (Å²) >= 11 is 0. The molecule has 0 saturated carbocycles. The SMILES string of the molecule is CC[C@H](C)[C@@H]([C@@H](CC(=O)N1CCC[C@H]1[C@H](OC)[C@@H](C)C(=O)N[C@H](C)[C@@H](OP(=O)(O)OCc1ccc(NC(=O)[C@H](CCCCN)NC(=O)[C@H](Cc2ccccc2)NC(=O)[C@@H](N)CC(=O)N[C@H]2CCOC2=O)cc1)c1ccccc1)OC)N(C)C(=O)[C@@H](NC(=O)[C@H](C(C)C)N(C)C)C(C)C. The Hall–Kier alpha value is -7.20. The molecule has 2 saturated heterocycles. The van der Waals surface area contributed by atoms with Crippen molar-refractivity contribution in [2.45, 2.75) is 199 Å². The van der Waals surface area contributed by atoms with E-state index in [0.29, 0.717) is 67.6 Å². The molecule has 5 rings (SSSR count). The van der Waals surface area contributed by atoms with Gasteiger partial charge in [0.25, 0.3) is 0 Å². The first-order valence-electron chi connectivity index (χ1n) is 34.0. The van der Waals surface area contributed by atoms with Crippen molar-refractivity contribution in [1.82, 2.24) is 41.3 Å². The number of hydrogen-bond acceptors (Lipinski definition) is 18. The smallest absolute Gasteiger partial charge is 0.464 e. The van der Waals surface area contributed by atoms with Crippen molar-refractivity contribution in [3.05, 3.63) is 102 Å². The molecule has 0 spiro atoms. The number of amides is 8. The number of likely N-dealkylation sites (N-methyl/N-ethyl adjacent to an activating group) is 2. The Bertz CT molecular complexity index is 3120. The lowest BCUT2D eigenvalue weighted by atomic mass is 9.89. The molecule has 2 heterocycles. The summed E-state index contributed by atoms with van der Waals surface area (Å²) in [5.41, 5.74) is 13.8. The summed E-state index contributed by atoms with van der Waals surface area (Å²) in [5, 5.41) is 16.7. The van der Waals surface area contributed by atoms with Crippen LogP contribution < -0.4 is 43.4 Å². The number of unbranched alkanes of at least 4 members (excludes halogenated alkanes) is 1. The number of rotatable bonds is 40. The quantitative estimate of drug-likeness (QED) is 0.0213. The average Bonchev–Trinajstić information content (AvgIpc) is 1.39. The minimum Gasteiger partial charge on any atom is -0.464 e. The molecule has 2 aliphatic heterocycles. The lowest BCUT2D eigenvalue weighted by Gasteiger charge is -2.41. The van der Waals surface area contributed by atoms with E-state index in [4.69, 9.17) is 34.7 Å². The van der Waals surface area contributed by atoms with Crippen LogP contribution in [0.25, 0.3) is 0 Å². The molecule has 0 aliphatic carbocycles. The van der Waals surface area contributed by atoms with Gasteiger partial charge in [0, 0.05) is 46.3 Å². The van der Waals surface area contributed by atoms with E-state index in [0.717, 1.165) is 0 Å². The third-order valence-corrected chi connectivity index (χ3v) is 19.2. The van der Waals surface area contributed by atoms with Crippen LogP contribution in [0, 0.1) is 23.7 Å². The zero-order valence-corrected chi connectivity index (χ0v) is 60.1. The molecule has 98 heavy (non-hydrogen) atoms. The Balaban J connectivity index is 1.22. The van der Waals surface area contributed by atoms with E-state index in [2.05, 4.69) is 31.9 Å². The second kappa shape index (κ2) is 39.6. The van der Waals surface area contributed by atoms with Crippen LogP contribution >= 0.6 is 7.82 Å². The van der Waals surface area contributed by atoms with Crippen LogP contribution in [0.3, 0.4) is 0 Å². The summed E-state index contributed by atoms with van der Waals surface area (Å²) in [4.78, 5) is 140. The second-order valence-electron chi connectivity index (χ2n) is 26.6. The molecule has 3 aromatic rings. The normalized spacial score (nSPS) is 19.1. The van der Waals surface area contributed by atoms with Gasteiger partial charge < -0.3 is 72.3 Å². The molecule has 0 radical (unpaired) electrons. The fourth-order valence-electron chi connectivity index (χ4n) is 12.7. The van der Waals surface area contributed by atoms with Crippen LogP contribution in [0.4, 0.5) is 5.69 Å². The van der Waals surface area contributed by atoms with Crippen LogP contribution in [0.15, 0.2) is 84.9 Å². The number of phosphoric acid groups is 1. The monoisotopic (exact) mass is 1390 g/mol. The Morgan fingerprint density at radius 2 is 1.39 bits per heavy atom. The number of benzene rings is 3. The molecule has 27 nitrogen and oxygen atoms in total. The lowest BCUT2D eigenvalue weighted by Crippen LogP contribution is -2.59. The Kier molecular flexibility index (Phi) is 32.9. The van der Waals surface area contributed by atoms with Gasteiger partial charge in [-0.25, -0.2) is 9.36 Å². The predicted molar refractivity (Wildman–Crippen MR) is 370 cm³/mol. The van der Waals surface area contributed by atoms with Crippen molar-refractivity contribution in [3.63, 3.8) is 0 Å². The highest BCUT2D eigenvalue weighted by Crippen LogP contribution is 2.49. The average molecular weight is 1390 g/mol. The van der Waals surface area contributed by atoms with Gasteiger partial charge in [0.2, 0.25) is 47.3 Å². The van der Waals surface area contributed by atoms with Crippen LogP contribution in [-0.4, -0.2) is 194 Å². The highest BCUT2D eigenvalue weighted by atomic mass is 31.2. The van der Waals surface area contributed by atoms with Gasteiger partial charge in [-0.3, -0.25) is 52.3 Å². The van der Waals surface area contributed by atoms with E-state index in [1.807, 2.05) is 60.5 Å². The fraction of sp³-hybridized carbons (Fsp3) is 0.614. The highest BCUT2D eigenvalue weighted by Gasteiger charge is 2.44. The van der Waals surface area contributed by atoms with Gasteiger partial charge in [-0.1, -0.05) is 128 Å². The summed E-state index contributed by atoms with van der Waals surface area (Å²) in [6.45, 7) is 15.4. The van der Waals surface area contributed by atoms with Gasteiger partial charge in [-0.05, 0) is 106 Å². The van der Waals surface area contributed by atoms with Crippen LogP contribution in [0.1, 0.15) is 136 Å². The Morgan fingerprint density at radius 3 is 1.96 bits per heavy atom. The van der Waals surface area contributed by atoms with E-state index in [-0.39, 0.29) is 67.8 Å². The Morgan fingerprint density at radius 1 is 0.745 bits per heavy atom. The minimum absolute atomic E-state index is 0.00676. The maximum atomic E-state index is 14.6. The maximum Gasteiger partial charge on any atom is 0.473 e. The van der Waals surface area contributed by atoms with Gasteiger partial charge in [0.15, 0.2) is 0 Å². The molecule has 2 fully saturated rings. The van der Waals surface area contributed by atoms with Crippen molar-refractivity contribution in [2.24, 2.45) is 35.1 Å². The molecular weight excluding hydrogens is 1280 g/mol. The number of carbonyl (C=O) groups is 9. The van der Waals surface area contributed by atoms with Gasteiger partial charge >= 0.3 is 13.8 Å². The number of nitrogens with zero attached hydrogens (tertiary/aromatic N) is 3. The molecule has 11 N–H and O–H groups in total. The number of nitrogens with one attached hydrogen (secondary N) is 6. The summed E-state index contributed by atoms with van der Waals surface area (Å²) in [5.74, 6) is -5.84. The van der Waals surface area contributed by atoms with E-state index in [1.54, 1.807) is 103 Å². The maximum absolute atomic E-state index is 14.6. The third kappa shape index (κ3) is 24.0. The molecule has 544 valence electrons. The largest absolute Gasteiger partial charge is 0.473 e. The molecule has 2 aliphatic rings. The van der Waals surface area contributed by atoms with E-state index in [9.17, 15) is 52.6 Å². The number of phosphoric ester groups is 1. The standard InChI is InChI=1S/C70H108N11O16P/c1-14-44(6)61(80(11)69(89)59(42(2)3)78-68(88)60(43(4)5)79(9)10)56(93-12)40-58(83)81-36-23-29-55(81)62(94-13)45(7)64(84)73-46(8)63(49-26-19-16-20-27-49)97-98(91,92)96-41-48-30-32-50(33-31-48)74-66(86)52(28-21-22-35-71)76-67(87)54(38-47-24-17-15-18-25-47)77-65(85)51(72)39-57(82)75-53-34-37-95-70(53)90/h15-20,24-27,30-33,42-46,51-56,59-63H,14,21-23,28-29,34-41,71-72H2,1-13H3,(H,73,84)(H,74,86)(H,75,82)(H,76,87)(H,77,85)(H,78,88)(H,91,92)/t44-,45+,46+,51-,52-,53-,54-,55-,56+,59-,60-,61-,62+,63+/m0/s1. The molecular formula is C70H108N11O16P. The number of carbonyl (C=O) groups excluding carboxylic acids is 9. The highest BCUT2D eigenvalue weighted by molar-refractivity contribution is 7.47. The predicted octanol–water partition coefficient (Wildman–Crippen LogP) is 4.64. The number of nitrogens with two attached hydrogens (primary N) is 2. The van der Waals surface area contributed by atoms with Crippen molar-refractivity contribution in [2.75, 3.05) is 60.4 Å². The third-order valence-electron chi connectivity index (χ3n) is 18.3. The summed E-state index contributed by atoms with van der Waals surface area (Å²) < 4.78 is 42.4. The first-order chi connectivity index (χ1) is 46.4. The number of cyclic esters (lactones) is 1. The summed E-state index contributed by atoms with van der Waals surface area (Å²) in [7, 11) is 3.43. The molecule has 0 aromatic heterocycles. The number of anilines is 1. The van der Waals surface area contributed by atoms with E-state index >= 15 is 0 Å². The minimum atomic E-state index is -4.92. The van der Waals surface area contributed by atoms with Gasteiger partial charge in [-0.2, -0.15) is 0 Å². The molecule has 3 aromatic carbocycles. The topological polar surface area (TPSA) is 371 Å². The van der Waals surface area contributed by atoms with Gasteiger partial charge in [0.1, 0.15) is 30.3 Å². The van der Waals surface area contributed by atoms with Crippen molar-refractivity contribution < 1.29 is 75.9 Å². The number of hydrogen-bond donors (Lipinski definition) is 9. The van der Waals surface area contributed by atoms with Crippen molar-refractivity contribution >= 4 is 66.7 Å². The zero-order chi connectivity index (χ0) is 72.6. The molecule has 1 unspecified atom stereocenters. The number of methoxy groups -OCH3 is 2.